The van der Waals surface area contributed by atoms with Crippen molar-refractivity contribution in [2.24, 2.45) is 0 Å². The zero-order valence-electron chi connectivity index (χ0n) is 17.9. The predicted octanol–water partition coefficient (Wildman–Crippen LogP) is 6.13. The van der Waals surface area contributed by atoms with E-state index in [-0.39, 0.29) is 5.48 Å². The topological polar surface area (TPSA) is 46.6 Å². The normalized spacial score (nSPS) is 10.8. The number of quaternary nitrogens is 1. The van der Waals surface area contributed by atoms with Gasteiger partial charge in [0.1, 0.15) is 0 Å². The molecule has 0 fully saturated rings. The van der Waals surface area contributed by atoms with Crippen molar-refractivity contribution >= 4 is 0 Å². The fraction of sp³-hybridized carbons (Fsp3) is 0.538. The van der Waals surface area contributed by atoms with Crippen molar-refractivity contribution in [2.45, 2.75) is 77.0 Å². The molecule has 0 saturated carbocycles. The molecule has 0 amide bonds. The summed E-state index contributed by atoms with van der Waals surface area (Å²) < 4.78 is 0. The lowest BCUT2D eigenvalue weighted by Gasteiger charge is -2.16. The summed E-state index contributed by atoms with van der Waals surface area (Å²) in [6.07, 6.45) is 14.1. The van der Waals surface area contributed by atoms with E-state index in [0.29, 0.717) is 5.92 Å². The molecule has 2 aromatic carbocycles. The minimum Gasteiger partial charge on any atom is -0.870 e. The molecule has 2 aromatic rings. The van der Waals surface area contributed by atoms with E-state index in [1.54, 1.807) is 0 Å². The largest absolute Gasteiger partial charge is 0.870 e. The van der Waals surface area contributed by atoms with E-state index in [1.807, 2.05) is 0 Å². The molecule has 2 heteroatoms. The zero-order valence-corrected chi connectivity index (χ0v) is 17.9. The van der Waals surface area contributed by atoms with Gasteiger partial charge in [-0.25, -0.2) is 0 Å². The van der Waals surface area contributed by atoms with Gasteiger partial charge in [0.15, 0.2) is 0 Å². The molecule has 2 nitrogen and oxygen atoms in total. The first-order valence-corrected chi connectivity index (χ1v) is 11.3. The van der Waals surface area contributed by atoms with Gasteiger partial charge < -0.3 is 10.8 Å². The molecule has 0 aliphatic rings. The maximum Gasteiger partial charge on any atom is 0.0866 e. The van der Waals surface area contributed by atoms with Crippen molar-refractivity contribution < 1.29 is 10.8 Å². The molecule has 28 heavy (non-hydrogen) atoms. The van der Waals surface area contributed by atoms with E-state index < -0.39 is 0 Å². The highest BCUT2D eigenvalue weighted by Gasteiger charge is 2.15. The van der Waals surface area contributed by atoms with Gasteiger partial charge >= 0.3 is 0 Å². The molecule has 156 valence electrons. The number of hydrogen-bond donors (Lipinski definition) is 1. The van der Waals surface area contributed by atoms with E-state index in [9.17, 15) is 0 Å². The monoisotopic (exact) mass is 383 g/mol. The van der Waals surface area contributed by atoms with Crippen LogP contribution in [0.1, 0.15) is 88.2 Å². The van der Waals surface area contributed by atoms with E-state index in [1.165, 1.54) is 81.9 Å². The quantitative estimate of drug-likeness (QED) is 0.370. The second-order valence-electron chi connectivity index (χ2n) is 7.87. The van der Waals surface area contributed by atoms with Crippen LogP contribution in [0.4, 0.5) is 0 Å². The molecule has 3 N–H and O–H groups in total. The predicted molar refractivity (Wildman–Crippen MR) is 120 cm³/mol. The van der Waals surface area contributed by atoms with Crippen LogP contribution in [-0.4, -0.2) is 18.6 Å². The number of nitrogens with two attached hydrogens (primary N) is 1. The van der Waals surface area contributed by atoms with Gasteiger partial charge in [-0.1, -0.05) is 119 Å². The van der Waals surface area contributed by atoms with Crippen LogP contribution < -0.4 is 5.32 Å². The Balaban J connectivity index is 0.00000392. The van der Waals surface area contributed by atoms with Crippen LogP contribution in [0.2, 0.25) is 0 Å². The molecule has 2 rings (SSSR count). The number of hydrogen-bond acceptors (Lipinski definition) is 1. The molecular formula is C26H41NO. The molecule has 0 radical (unpaired) electrons. The van der Waals surface area contributed by atoms with Gasteiger partial charge in [0.05, 0.1) is 19.0 Å². The third-order valence-electron chi connectivity index (χ3n) is 5.57. The molecule has 0 heterocycles. The van der Waals surface area contributed by atoms with E-state index in [0.717, 1.165) is 6.54 Å². The summed E-state index contributed by atoms with van der Waals surface area (Å²) >= 11 is 0. The van der Waals surface area contributed by atoms with Crippen LogP contribution in [0, 0.1) is 0 Å². The highest BCUT2D eigenvalue weighted by molar-refractivity contribution is 5.32. The van der Waals surface area contributed by atoms with Gasteiger partial charge in [-0.2, -0.15) is 0 Å². The van der Waals surface area contributed by atoms with Crippen LogP contribution >= 0.6 is 0 Å². The van der Waals surface area contributed by atoms with Gasteiger partial charge in [0, 0.05) is 0 Å². The lowest BCUT2D eigenvalue weighted by molar-refractivity contribution is -0.656. The lowest BCUT2D eigenvalue weighted by atomic mass is 9.91. The van der Waals surface area contributed by atoms with Crippen LogP contribution in [0.15, 0.2) is 60.7 Å². The number of benzene rings is 2. The Labute approximate surface area is 173 Å². The highest BCUT2D eigenvalue weighted by atomic mass is 16.0. The third-order valence-corrected chi connectivity index (χ3v) is 5.57. The molecule has 0 atom stereocenters. The van der Waals surface area contributed by atoms with Gasteiger partial charge in [0.2, 0.25) is 0 Å². The first-order chi connectivity index (χ1) is 13.4. The Morgan fingerprint density at radius 2 is 1.04 bits per heavy atom. The number of rotatable bonds is 15. The van der Waals surface area contributed by atoms with E-state index >= 15 is 0 Å². The molecule has 0 unspecified atom stereocenters. The molecule has 0 bridgehead atoms. The summed E-state index contributed by atoms with van der Waals surface area (Å²) in [6, 6.07) is 21.9. The van der Waals surface area contributed by atoms with Crippen molar-refractivity contribution in [3.8, 4) is 0 Å². The Bertz CT molecular complexity index is 530. The lowest BCUT2D eigenvalue weighted by Crippen LogP contribution is -2.85. The highest BCUT2D eigenvalue weighted by Crippen LogP contribution is 2.22. The summed E-state index contributed by atoms with van der Waals surface area (Å²) in [4.78, 5) is 0. The van der Waals surface area contributed by atoms with Gasteiger partial charge in [-0.15, -0.1) is 0 Å². The summed E-state index contributed by atoms with van der Waals surface area (Å²) in [6.45, 7) is 4.69. The van der Waals surface area contributed by atoms with Gasteiger partial charge in [0.25, 0.3) is 0 Å². The summed E-state index contributed by atoms with van der Waals surface area (Å²) in [7, 11) is 0. The van der Waals surface area contributed by atoms with Gasteiger partial charge in [-0.05, 0) is 24.0 Å². The molecule has 0 aliphatic heterocycles. The maximum absolute atomic E-state index is 2.52. The molecule has 0 aliphatic carbocycles. The van der Waals surface area contributed by atoms with Crippen LogP contribution in [0.5, 0.6) is 0 Å². The minimum atomic E-state index is 0. The molecular weight excluding hydrogens is 342 g/mol. The fourth-order valence-electron chi connectivity index (χ4n) is 3.90. The second kappa shape index (κ2) is 16.3. The summed E-state index contributed by atoms with van der Waals surface area (Å²) in [5.74, 6) is 0.496. The Morgan fingerprint density at radius 3 is 1.50 bits per heavy atom. The SMILES string of the molecule is CCCCCCCCCCCC[NH2+]CC(c1ccccc1)c1ccccc1.[OH-]. The average molecular weight is 384 g/mol. The van der Waals surface area contributed by atoms with Gasteiger partial charge in [-0.3, -0.25) is 0 Å². The standard InChI is InChI=1S/C26H39N.H2O/c1-2-3-4-5-6-7-8-9-10-17-22-27-23-26(24-18-13-11-14-19-24)25-20-15-12-16-21-25;/h11-16,18-21,26-27H,2-10,17,22-23H2,1H3;1H2. The number of unbranched alkanes of at least 4 members (excludes halogenated alkanes) is 9. The minimum absolute atomic E-state index is 0. The average Bonchev–Trinajstić information content (AvgIpc) is 2.73. The molecule has 0 saturated heterocycles. The summed E-state index contributed by atoms with van der Waals surface area (Å²) in [5, 5.41) is 2.52. The van der Waals surface area contributed by atoms with Crippen molar-refractivity contribution in [1.82, 2.24) is 0 Å². The van der Waals surface area contributed by atoms with Crippen molar-refractivity contribution in [2.75, 3.05) is 13.1 Å². The van der Waals surface area contributed by atoms with Crippen molar-refractivity contribution in [3.05, 3.63) is 71.8 Å². The Morgan fingerprint density at radius 1 is 0.607 bits per heavy atom. The first-order valence-electron chi connectivity index (χ1n) is 11.3. The summed E-state index contributed by atoms with van der Waals surface area (Å²) in [5.41, 5.74) is 2.87. The first kappa shape index (κ1) is 24.4. The Kier molecular flexibility index (Phi) is 14.2. The smallest absolute Gasteiger partial charge is 0.0866 e. The molecule has 0 aromatic heterocycles. The molecule has 0 spiro atoms. The van der Waals surface area contributed by atoms with Crippen molar-refractivity contribution in [1.29, 1.82) is 0 Å². The van der Waals surface area contributed by atoms with E-state index in [4.69, 9.17) is 0 Å². The van der Waals surface area contributed by atoms with Crippen molar-refractivity contribution in [3.63, 3.8) is 0 Å². The third kappa shape index (κ3) is 10.1. The van der Waals surface area contributed by atoms with Crippen LogP contribution in [-0.2, 0) is 0 Å². The van der Waals surface area contributed by atoms with Crippen LogP contribution in [0.3, 0.4) is 0 Å². The van der Waals surface area contributed by atoms with Crippen LogP contribution in [0.25, 0.3) is 0 Å². The fourth-order valence-corrected chi connectivity index (χ4v) is 3.90. The van der Waals surface area contributed by atoms with E-state index in [2.05, 4.69) is 72.9 Å². The Hall–Kier alpha value is -1.64. The zero-order chi connectivity index (χ0) is 19.0. The maximum atomic E-state index is 2.52. The second-order valence-corrected chi connectivity index (χ2v) is 7.87.